The first-order valence-corrected chi connectivity index (χ1v) is 6.23. The van der Waals surface area contributed by atoms with Crippen LogP contribution >= 0.6 is 15.9 Å². The first-order chi connectivity index (χ1) is 7.67. The predicted molar refractivity (Wildman–Crippen MR) is 72.0 cm³/mol. The molecule has 4 heteroatoms. The molecule has 17 heavy (non-hydrogen) atoms. The number of halogens is 1. The number of aliphatic carboxylic acids is 1. The Balaban J connectivity index is 3.24. The number of carbonyl (C=O) groups is 1. The number of rotatable bonds is 4. The minimum absolute atomic E-state index is 0.0120. The Morgan fingerprint density at radius 2 is 1.76 bits per heavy atom. The highest BCUT2D eigenvalue weighted by Gasteiger charge is 2.41. The third-order valence-corrected chi connectivity index (χ3v) is 3.94. The van der Waals surface area contributed by atoms with E-state index in [1.54, 1.807) is 0 Å². The first-order valence-electron chi connectivity index (χ1n) is 5.43. The average molecular weight is 300 g/mol. The summed E-state index contributed by atoms with van der Waals surface area (Å²) in [6.45, 7) is 5.61. The van der Waals surface area contributed by atoms with E-state index < -0.39 is 16.9 Å². The normalized spacial score (nSPS) is 15.4. The van der Waals surface area contributed by atoms with Crippen molar-refractivity contribution in [3.05, 3.63) is 34.3 Å². The molecule has 1 aromatic rings. The molecular formula is C13H18BrNO2. The Labute approximate surface area is 110 Å². The summed E-state index contributed by atoms with van der Waals surface area (Å²) in [5.41, 5.74) is 5.89. The van der Waals surface area contributed by atoms with Crippen molar-refractivity contribution in [1.29, 1.82) is 0 Å². The largest absolute Gasteiger partial charge is 0.481 e. The van der Waals surface area contributed by atoms with Crippen molar-refractivity contribution in [3.63, 3.8) is 0 Å². The van der Waals surface area contributed by atoms with Crippen molar-refractivity contribution in [2.45, 2.75) is 38.1 Å². The second kappa shape index (κ2) is 4.78. The van der Waals surface area contributed by atoms with Crippen LogP contribution in [0.2, 0.25) is 0 Å². The van der Waals surface area contributed by atoms with Gasteiger partial charge in [0.05, 0.1) is 6.42 Å². The van der Waals surface area contributed by atoms with Crippen LogP contribution < -0.4 is 5.73 Å². The quantitative estimate of drug-likeness (QED) is 0.898. The standard InChI is InChI=1S/C13H18BrNO2/c1-12(2,15)13(3,8-11(16)17)9-4-6-10(14)7-5-9/h4-7H,8,15H2,1-3H3,(H,16,17). The van der Waals surface area contributed by atoms with E-state index in [0.29, 0.717) is 0 Å². The molecule has 1 unspecified atom stereocenters. The maximum atomic E-state index is 11.0. The molecule has 0 bridgehead atoms. The smallest absolute Gasteiger partial charge is 0.304 e. The van der Waals surface area contributed by atoms with E-state index >= 15 is 0 Å². The molecule has 0 aromatic heterocycles. The molecule has 0 radical (unpaired) electrons. The second-order valence-corrected chi connectivity index (χ2v) is 6.05. The molecular weight excluding hydrogens is 282 g/mol. The van der Waals surface area contributed by atoms with Crippen LogP contribution in [0.25, 0.3) is 0 Å². The summed E-state index contributed by atoms with van der Waals surface area (Å²) in [5.74, 6) is -0.839. The van der Waals surface area contributed by atoms with Crippen LogP contribution in [0.4, 0.5) is 0 Å². The molecule has 0 saturated carbocycles. The summed E-state index contributed by atoms with van der Waals surface area (Å²) in [6.07, 6.45) is 0.0120. The van der Waals surface area contributed by atoms with Gasteiger partial charge in [-0.25, -0.2) is 0 Å². The average Bonchev–Trinajstić information content (AvgIpc) is 2.15. The highest BCUT2D eigenvalue weighted by molar-refractivity contribution is 9.10. The van der Waals surface area contributed by atoms with Gasteiger partial charge in [0.15, 0.2) is 0 Å². The molecule has 3 nitrogen and oxygen atoms in total. The number of carboxylic acid groups (broad SMARTS) is 1. The van der Waals surface area contributed by atoms with Gasteiger partial charge in [0.1, 0.15) is 0 Å². The topological polar surface area (TPSA) is 63.3 Å². The van der Waals surface area contributed by atoms with Gasteiger partial charge >= 0.3 is 5.97 Å². The molecule has 0 aliphatic heterocycles. The Bertz CT molecular complexity index is 408. The molecule has 0 saturated heterocycles. The summed E-state index contributed by atoms with van der Waals surface area (Å²) in [6, 6.07) is 7.64. The van der Waals surface area contributed by atoms with Crippen molar-refractivity contribution in [2.75, 3.05) is 0 Å². The molecule has 0 fully saturated rings. The highest BCUT2D eigenvalue weighted by atomic mass is 79.9. The third-order valence-electron chi connectivity index (χ3n) is 3.41. The van der Waals surface area contributed by atoms with Crippen LogP contribution in [0.3, 0.4) is 0 Å². The van der Waals surface area contributed by atoms with Crippen molar-refractivity contribution < 1.29 is 9.90 Å². The zero-order chi connectivity index (χ0) is 13.3. The number of carboxylic acids is 1. The Morgan fingerprint density at radius 1 is 1.29 bits per heavy atom. The molecule has 1 rings (SSSR count). The molecule has 1 atom stereocenters. The van der Waals surface area contributed by atoms with Crippen LogP contribution in [0.15, 0.2) is 28.7 Å². The Kier molecular flexibility index (Phi) is 3.99. The third kappa shape index (κ3) is 3.07. The minimum atomic E-state index is -0.839. The fraction of sp³-hybridized carbons (Fsp3) is 0.462. The van der Waals surface area contributed by atoms with E-state index in [4.69, 9.17) is 10.8 Å². The minimum Gasteiger partial charge on any atom is -0.481 e. The molecule has 0 aliphatic rings. The van der Waals surface area contributed by atoms with E-state index in [0.717, 1.165) is 10.0 Å². The van der Waals surface area contributed by atoms with Crippen molar-refractivity contribution >= 4 is 21.9 Å². The van der Waals surface area contributed by atoms with E-state index in [-0.39, 0.29) is 6.42 Å². The fourth-order valence-electron chi connectivity index (χ4n) is 1.82. The van der Waals surface area contributed by atoms with Crippen LogP contribution in [-0.4, -0.2) is 16.6 Å². The second-order valence-electron chi connectivity index (χ2n) is 5.13. The monoisotopic (exact) mass is 299 g/mol. The molecule has 0 amide bonds. The Morgan fingerprint density at radius 3 is 2.12 bits per heavy atom. The summed E-state index contributed by atoms with van der Waals surface area (Å²) in [5, 5.41) is 9.06. The van der Waals surface area contributed by atoms with Gasteiger partial charge in [-0.1, -0.05) is 35.0 Å². The Hall–Kier alpha value is -0.870. The molecule has 3 N–H and O–H groups in total. The fourth-order valence-corrected chi connectivity index (χ4v) is 2.09. The lowest BCUT2D eigenvalue weighted by Crippen LogP contribution is -2.53. The van der Waals surface area contributed by atoms with Gasteiger partial charge in [-0.05, 0) is 31.5 Å². The molecule has 0 spiro atoms. The van der Waals surface area contributed by atoms with Gasteiger partial charge in [0.25, 0.3) is 0 Å². The van der Waals surface area contributed by atoms with E-state index in [2.05, 4.69) is 15.9 Å². The van der Waals surface area contributed by atoms with Gasteiger partial charge in [-0.3, -0.25) is 4.79 Å². The van der Waals surface area contributed by atoms with Crippen molar-refractivity contribution in [1.82, 2.24) is 0 Å². The lowest BCUT2D eigenvalue weighted by Gasteiger charge is -2.41. The van der Waals surface area contributed by atoms with E-state index in [1.807, 2.05) is 45.0 Å². The van der Waals surface area contributed by atoms with Crippen LogP contribution in [0.5, 0.6) is 0 Å². The summed E-state index contributed by atoms with van der Waals surface area (Å²) in [7, 11) is 0. The van der Waals surface area contributed by atoms with Gasteiger partial charge < -0.3 is 10.8 Å². The van der Waals surface area contributed by atoms with Gasteiger partial charge in [0.2, 0.25) is 0 Å². The number of hydrogen-bond acceptors (Lipinski definition) is 2. The van der Waals surface area contributed by atoms with E-state index in [9.17, 15) is 4.79 Å². The zero-order valence-electron chi connectivity index (χ0n) is 10.3. The van der Waals surface area contributed by atoms with Gasteiger partial charge in [-0.15, -0.1) is 0 Å². The highest BCUT2D eigenvalue weighted by Crippen LogP contribution is 2.37. The summed E-state index contributed by atoms with van der Waals surface area (Å²) >= 11 is 3.37. The summed E-state index contributed by atoms with van der Waals surface area (Å²) < 4.78 is 0.966. The lowest BCUT2D eigenvalue weighted by atomic mass is 9.66. The van der Waals surface area contributed by atoms with Crippen LogP contribution in [-0.2, 0) is 10.2 Å². The van der Waals surface area contributed by atoms with Crippen molar-refractivity contribution in [2.24, 2.45) is 5.73 Å². The van der Waals surface area contributed by atoms with Crippen LogP contribution in [0, 0.1) is 0 Å². The molecule has 1 aromatic carbocycles. The van der Waals surface area contributed by atoms with Gasteiger partial charge in [0, 0.05) is 15.4 Å². The number of hydrogen-bond donors (Lipinski definition) is 2. The number of nitrogens with two attached hydrogens (primary N) is 1. The number of benzene rings is 1. The summed E-state index contributed by atoms with van der Waals surface area (Å²) in [4.78, 5) is 11.0. The predicted octanol–water partition coefficient (Wildman–Crippen LogP) is 2.92. The SMILES string of the molecule is CC(C)(N)C(C)(CC(=O)O)c1ccc(Br)cc1. The molecule has 0 heterocycles. The zero-order valence-corrected chi connectivity index (χ0v) is 11.9. The van der Waals surface area contributed by atoms with E-state index in [1.165, 1.54) is 0 Å². The molecule has 94 valence electrons. The van der Waals surface area contributed by atoms with Crippen LogP contribution in [0.1, 0.15) is 32.8 Å². The maximum absolute atomic E-state index is 11.0. The van der Waals surface area contributed by atoms with Gasteiger partial charge in [-0.2, -0.15) is 0 Å². The van der Waals surface area contributed by atoms with Crippen molar-refractivity contribution in [3.8, 4) is 0 Å². The molecule has 0 aliphatic carbocycles. The first kappa shape index (κ1) is 14.2. The maximum Gasteiger partial charge on any atom is 0.304 e. The lowest BCUT2D eigenvalue weighted by molar-refractivity contribution is -0.139.